The van der Waals surface area contributed by atoms with Gasteiger partial charge < -0.3 is 9.47 Å². The van der Waals surface area contributed by atoms with E-state index >= 15 is 0 Å². The van der Waals surface area contributed by atoms with Crippen molar-refractivity contribution in [3.8, 4) is 0 Å². The molecular formula is C15H28O4. The van der Waals surface area contributed by atoms with E-state index in [0.29, 0.717) is 6.42 Å². The fourth-order valence-corrected chi connectivity index (χ4v) is 1.17. The molecule has 4 nitrogen and oxygen atoms in total. The van der Waals surface area contributed by atoms with E-state index < -0.39 is 10.8 Å². The molecule has 19 heavy (non-hydrogen) atoms. The van der Waals surface area contributed by atoms with Crippen molar-refractivity contribution >= 4 is 11.9 Å². The minimum atomic E-state index is -0.504. The van der Waals surface area contributed by atoms with Crippen LogP contribution in [-0.2, 0) is 19.1 Å². The average molecular weight is 272 g/mol. The second-order valence-electron chi connectivity index (χ2n) is 6.86. The third-order valence-corrected chi connectivity index (χ3v) is 2.63. The maximum Gasteiger partial charge on any atom is 0.311 e. The lowest BCUT2D eigenvalue weighted by Gasteiger charge is -2.23. The second-order valence-corrected chi connectivity index (χ2v) is 6.86. The average Bonchev–Trinajstić information content (AvgIpc) is 2.24. The lowest BCUT2D eigenvalue weighted by atomic mass is 9.97. The molecule has 0 aromatic rings. The Balaban J connectivity index is 4.16. The molecule has 0 aromatic heterocycles. The van der Waals surface area contributed by atoms with Crippen molar-refractivity contribution in [3.63, 3.8) is 0 Å². The van der Waals surface area contributed by atoms with Gasteiger partial charge in [0.15, 0.2) is 0 Å². The zero-order valence-electron chi connectivity index (χ0n) is 13.3. The predicted octanol–water partition coefficient (Wildman–Crippen LogP) is 3.33. The Morgan fingerprint density at radius 1 is 0.947 bits per heavy atom. The van der Waals surface area contributed by atoms with Crippen LogP contribution >= 0.6 is 0 Å². The van der Waals surface area contributed by atoms with Crippen LogP contribution in [0.2, 0.25) is 0 Å². The summed E-state index contributed by atoms with van der Waals surface area (Å²) in [5, 5.41) is 0. The topological polar surface area (TPSA) is 52.6 Å². The standard InChI is InChI=1S/C15H28O4/c1-8-11(19-13(17)15(5,6)7)9-10-18-12(16)14(2,3)4/h11H,8-10H2,1-7H3. The van der Waals surface area contributed by atoms with Crippen LogP contribution in [0.4, 0.5) is 0 Å². The molecule has 112 valence electrons. The maximum absolute atomic E-state index is 11.8. The Hall–Kier alpha value is -1.06. The molecule has 0 heterocycles. The number of esters is 2. The lowest BCUT2D eigenvalue weighted by molar-refractivity contribution is -0.161. The summed E-state index contributed by atoms with van der Waals surface area (Å²) < 4.78 is 10.6. The number of carbonyl (C=O) groups excluding carboxylic acids is 2. The highest BCUT2D eigenvalue weighted by Crippen LogP contribution is 2.19. The van der Waals surface area contributed by atoms with Gasteiger partial charge in [-0.3, -0.25) is 9.59 Å². The molecule has 0 rings (SSSR count). The first-order chi connectivity index (χ1) is 8.48. The Labute approximate surface area is 116 Å². The predicted molar refractivity (Wildman–Crippen MR) is 74.7 cm³/mol. The molecule has 1 unspecified atom stereocenters. The molecule has 0 amide bonds. The van der Waals surface area contributed by atoms with Crippen LogP contribution in [-0.4, -0.2) is 24.6 Å². The van der Waals surface area contributed by atoms with Gasteiger partial charge in [-0.1, -0.05) is 6.92 Å². The summed E-state index contributed by atoms with van der Waals surface area (Å²) in [5.41, 5.74) is -1.00. The molecule has 0 saturated carbocycles. The number of hydrogen-bond acceptors (Lipinski definition) is 4. The van der Waals surface area contributed by atoms with Crippen molar-refractivity contribution in [1.82, 2.24) is 0 Å². The molecule has 0 aliphatic carbocycles. The lowest BCUT2D eigenvalue weighted by Crippen LogP contribution is -2.29. The van der Waals surface area contributed by atoms with Crippen LogP contribution in [0, 0.1) is 10.8 Å². The van der Waals surface area contributed by atoms with Gasteiger partial charge in [0.2, 0.25) is 0 Å². The highest BCUT2D eigenvalue weighted by Gasteiger charge is 2.26. The van der Waals surface area contributed by atoms with E-state index in [9.17, 15) is 9.59 Å². The van der Waals surface area contributed by atoms with Gasteiger partial charge in [-0.2, -0.15) is 0 Å². The summed E-state index contributed by atoms with van der Waals surface area (Å²) in [6, 6.07) is 0. The van der Waals surface area contributed by atoms with Gasteiger partial charge >= 0.3 is 11.9 Å². The van der Waals surface area contributed by atoms with Crippen molar-refractivity contribution in [2.45, 2.75) is 67.4 Å². The van der Waals surface area contributed by atoms with Crippen LogP contribution in [0.5, 0.6) is 0 Å². The first-order valence-corrected chi connectivity index (χ1v) is 6.86. The summed E-state index contributed by atoms with van der Waals surface area (Å²) in [5.74, 6) is -0.453. The van der Waals surface area contributed by atoms with Crippen molar-refractivity contribution in [2.75, 3.05) is 6.61 Å². The monoisotopic (exact) mass is 272 g/mol. The molecule has 4 heteroatoms. The van der Waals surface area contributed by atoms with Crippen LogP contribution in [0.1, 0.15) is 61.3 Å². The van der Waals surface area contributed by atoms with Crippen LogP contribution < -0.4 is 0 Å². The Morgan fingerprint density at radius 3 is 1.79 bits per heavy atom. The summed E-state index contributed by atoms with van der Waals surface area (Å²) in [6.07, 6.45) is 1.06. The van der Waals surface area contributed by atoms with Crippen molar-refractivity contribution in [3.05, 3.63) is 0 Å². The van der Waals surface area contributed by atoms with E-state index in [1.165, 1.54) is 0 Å². The fraction of sp³-hybridized carbons (Fsp3) is 0.867. The molecule has 0 saturated heterocycles. The first-order valence-electron chi connectivity index (χ1n) is 6.86. The minimum absolute atomic E-state index is 0.195. The Bertz CT molecular complexity index is 307. The molecule has 0 aliphatic heterocycles. The largest absolute Gasteiger partial charge is 0.465 e. The highest BCUT2D eigenvalue weighted by molar-refractivity contribution is 5.76. The van der Waals surface area contributed by atoms with E-state index in [1.807, 2.05) is 48.5 Å². The molecule has 0 bridgehead atoms. The molecule has 1 atom stereocenters. The van der Waals surface area contributed by atoms with E-state index in [4.69, 9.17) is 9.47 Å². The van der Waals surface area contributed by atoms with Crippen molar-refractivity contribution < 1.29 is 19.1 Å². The Kier molecular flexibility index (Phi) is 6.53. The van der Waals surface area contributed by atoms with Gasteiger partial charge in [-0.05, 0) is 48.0 Å². The van der Waals surface area contributed by atoms with Crippen LogP contribution in [0.25, 0.3) is 0 Å². The summed E-state index contributed by atoms with van der Waals surface area (Å²) in [7, 11) is 0. The molecule has 0 radical (unpaired) electrons. The van der Waals surface area contributed by atoms with E-state index in [1.54, 1.807) is 0 Å². The van der Waals surface area contributed by atoms with Gasteiger partial charge in [0.1, 0.15) is 6.10 Å². The summed E-state index contributed by atoms with van der Waals surface area (Å²) >= 11 is 0. The molecule has 0 spiro atoms. The van der Waals surface area contributed by atoms with Crippen molar-refractivity contribution in [1.29, 1.82) is 0 Å². The van der Waals surface area contributed by atoms with Gasteiger partial charge in [-0.25, -0.2) is 0 Å². The number of ether oxygens (including phenoxy) is 2. The second kappa shape index (κ2) is 6.92. The molecular weight excluding hydrogens is 244 g/mol. The van der Waals surface area contributed by atoms with Gasteiger partial charge in [0, 0.05) is 6.42 Å². The zero-order valence-corrected chi connectivity index (χ0v) is 13.3. The number of carbonyl (C=O) groups is 2. The van der Waals surface area contributed by atoms with Crippen LogP contribution in [0.3, 0.4) is 0 Å². The number of rotatable bonds is 5. The fourth-order valence-electron chi connectivity index (χ4n) is 1.17. The summed E-state index contributed by atoms with van der Waals surface area (Å²) in [4.78, 5) is 23.3. The van der Waals surface area contributed by atoms with Crippen LogP contribution in [0.15, 0.2) is 0 Å². The Morgan fingerprint density at radius 2 is 1.42 bits per heavy atom. The zero-order chi connectivity index (χ0) is 15.3. The molecule has 0 aromatic carbocycles. The first kappa shape index (κ1) is 17.9. The minimum Gasteiger partial charge on any atom is -0.465 e. The van der Waals surface area contributed by atoms with Gasteiger partial charge in [0.25, 0.3) is 0 Å². The molecule has 0 fully saturated rings. The molecule has 0 aliphatic rings. The van der Waals surface area contributed by atoms with E-state index in [-0.39, 0.29) is 24.6 Å². The molecule has 0 N–H and O–H groups in total. The normalized spacial score (nSPS) is 13.8. The van der Waals surface area contributed by atoms with Gasteiger partial charge in [0.05, 0.1) is 17.4 Å². The number of hydrogen-bond donors (Lipinski definition) is 0. The maximum atomic E-state index is 11.8. The third-order valence-electron chi connectivity index (χ3n) is 2.63. The van der Waals surface area contributed by atoms with Gasteiger partial charge in [-0.15, -0.1) is 0 Å². The SMILES string of the molecule is CCC(CCOC(=O)C(C)(C)C)OC(=O)C(C)(C)C. The smallest absolute Gasteiger partial charge is 0.311 e. The third kappa shape index (κ3) is 7.19. The van der Waals surface area contributed by atoms with E-state index in [2.05, 4.69) is 0 Å². The summed E-state index contributed by atoms with van der Waals surface area (Å²) in [6.45, 7) is 13.1. The highest BCUT2D eigenvalue weighted by atomic mass is 16.6. The van der Waals surface area contributed by atoms with Crippen molar-refractivity contribution in [2.24, 2.45) is 10.8 Å². The van der Waals surface area contributed by atoms with E-state index in [0.717, 1.165) is 6.42 Å². The quantitative estimate of drug-likeness (QED) is 0.720.